The number of nitrogens with zero attached hydrogens (tertiary/aromatic N) is 4. The van der Waals surface area contributed by atoms with E-state index in [1.807, 2.05) is 0 Å². The highest BCUT2D eigenvalue weighted by Crippen LogP contribution is 2.27. The minimum Gasteiger partial charge on any atom is -0.375 e. The molecular weight excluding hydrogens is 402 g/mol. The van der Waals surface area contributed by atoms with Gasteiger partial charge in [-0.3, -0.25) is 4.79 Å². The van der Waals surface area contributed by atoms with Crippen molar-refractivity contribution in [2.45, 2.75) is 44.6 Å². The van der Waals surface area contributed by atoms with E-state index in [4.69, 9.17) is 13.8 Å². The first kappa shape index (κ1) is 21.4. The summed E-state index contributed by atoms with van der Waals surface area (Å²) in [6, 6.07) is 0. The maximum atomic E-state index is 12.8. The van der Waals surface area contributed by atoms with E-state index in [0.29, 0.717) is 43.2 Å². The van der Waals surface area contributed by atoms with Gasteiger partial charge in [0.2, 0.25) is 15.9 Å². The molecule has 3 heterocycles. The Kier molecular flexibility index (Phi) is 6.65. The number of sulfonamides is 1. The van der Waals surface area contributed by atoms with E-state index in [0.717, 1.165) is 0 Å². The molecule has 12 heteroatoms. The van der Waals surface area contributed by atoms with E-state index >= 15 is 0 Å². The predicted molar refractivity (Wildman–Crippen MR) is 99.2 cm³/mol. The average Bonchev–Trinajstić information content (AvgIpc) is 3.28. The Labute approximate surface area is 168 Å². The SMILES string of the molecule is COCc1nc(CCNC(=O)C2CCN(S(=O)(=O)c3c(C)noc3C)CC2)no1. The Bertz CT molecular complexity index is 926. The molecule has 1 aliphatic rings. The van der Waals surface area contributed by atoms with Crippen molar-refractivity contribution >= 4 is 15.9 Å². The number of methoxy groups -OCH3 is 1. The highest BCUT2D eigenvalue weighted by atomic mass is 32.2. The average molecular weight is 427 g/mol. The molecule has 0 unspecified atom stereocenters. The molecule has 0 saturated carbocycles. The third-order valence-corrected chi connectivity index (χ3v) is 6.96. The number of nitrogens with one attached hydrogen (secondary N) is 1. The molecule has 1 N–H and O–H groups in total. The quantitative estimate of drug-likeness (QED) is 0.640. The maximum Gasteiger partial charge on any atom is 0.252 e. The second-order valence-corrected chi connectivity index (χ2v) is 8.78. The fourth-order valence-corrected chi connectivity index (χ4v) is 5.11. The van der Waals surface area contributed by atoms with Gasteiger partial charge in [0.05, 0.1) is 0 Å². The van der Waals surface area contributed by atoms with Crippen molar-refractivity contribution in [3.8, 4) is 0 Å². The van der Waals surface area contributed by atoms with Crippen molar-refractivity contribution in [2.24, 2.45) is 5.92 Å². The molecule has 2 aromatic heterocycles. The topological polar surface area (TPSA) is 141 Å². The number of carbonyl (C=O) groups excluding carboxylic acids is 1. The molecule has 11 nitrogen and oxygen atoms in total. The first-order chi connectivity index (χ1) is 13.8. The minimum absolute atomic E-state index is 0.0972. The van der Waals surface area contributed by atoms with Gasteiger partial charge in [0.1, 0.15) is 17.2 Å². The Balaban J connectivity index is 1.48. The van der Waals surface area contributed by atoms with Crippen molar-refractivity contribution in [3.05, 3.63) is 23.2 Å². The molecule has 1 fully saturated rings. The van der Waals surface area contributed by atoms with E-state index in [2.05, 4.69) is 20.6 Å². The molecule has 2 aromatic rings. The van der Waals surface area contributed by atoms with Crippen LogP contribution in [0.2, 0.25) is 0 Å². The lowest BCUT2D eigenvalue weighted by molar-refractivity contribution is -0.126. The molecule has 29 heavy (non-hydrogen) atoms. The van der Waals surface area contributed by atoms with Crippen molar-refractivity contribution in [1.29, 1.82) is 0 Å². The maximum absolute atomic E-state index is 12.8. The summed E-state index contributed by atoms with van der Waals surface area (Å²) in [4.78, 5) is 16.7. The molecule has 0 bridgehead atoms. The van der Waals surface area contributed by atoms with Crippen molar-refractivity contribution in [1.82, 2.24) is 24.9 Å². The fourth-order valence-electron chi connectivity index (χ4n) is 3.35. The summed E-state index contributed by atoms with van der Waals surface area (Å²) in [5, 5.41) is 10.4. The minimum atomic E-state index is -3.68. The standard InChI is InChI=1S/C17H25N5O6S/c1-11-16(12(2)27-20-11)29(24,25)22-8-5-13(6-9-22)17(23)18-7-4-14-19-15(10-26-3)28-21-14/h13H,4-10H2,1-3H3,(H,18,23). The molecule has 0 aliphatic carbocycles. The molecule has 1 saturated heterocycles. The largest absolute Gasteiger partial charge is 0.375 e. The van der Waals surface area contributed by atoms with Gasteiger partial charge < -0.3 is 19.1 Å². The Morgan fingerprint density at radius 1 is 1.24 bits per heavy atom. The van der Waals surface area contributed by atoms with Crippen LogP contribution in [0.4, 0.5) is 0 Å². The van der Waals surface area contributed by atoms with Gasteiger partial charge in [-0.1, -0.05) is 10.3 Å². The summed E-state index contributed by atoms with van der Waals surface area (Å²) in [6.45, 7) is 4.35. The van der Waals surface area contributed by atoms with E-state index in [-0.39, 0.29) is 42.2 Å². The van der Waals surface area contributed by atoms with E-state index < -0.39 is 10.0 Å². The van der Waals surface area contributed by atoms with Gasteiger partial charge in [-0.25, -0.2) is 8.42 Å². The van der Waals surface area contributed by atoms with Gasteiger partial charge in [0.15, 0.2) is 11.6 Å². The van der Waals surface area contributed by atoms with Crippen LogP contribution in [0.5, 0.6) is 0 Å². The lowest BCUT2D eigenvalue weighted by atomic mass is 9.97. The van der Waals surface area contributed by atoms with E-state index in [1.165, 1.54) is 11.4 Å². The van der Waals surface area contributed by atoms with E-state index in [1.54, 1.807) is 13.8 Å². The molecule has 3 rings (SSSR count). The zero-order valence-electron chi connectivity index (χ0n) is 16.7. The van der Waals surface area contributed by atoms with Crippen molar-refractivity contribution in [3.63, 3.8) is 0 Å². The van der Waals surface area contributed by atoms with Gasteiger partial charge >= 0.3 is 0 Å². The second kappa shape index (κ2) is 9.01. The fraction of sp³-hybridized carbons (Fsp3) is 0.647. The van der Waals surface area contributed by atoms with Gasteiger partial charge in [0, 0.05) is 39.1 Å². The second-order valence-electron chi connectivity index (χ2n) is 6.91. The number of aromatic nitrogens is 3. The molecule has 1 amide bonds. The molecule has 0 atom stereocenters. The van der Waals surface area contributed by atoms with Gasteiger partial charge in [-0.15, -0.1) is 0 Å². The molecule has 0 aromatic carbocycles. The molecule has 0 spiro atoms. The number of amides is 1. The van der Waals surface area contributed by atoms with E-state index in [9.17, 15) is 13.2 Å². The third-order valence-electron chi connectivity index (χ3n) is 4.82. The Hall–Kier alpha value is -2.31. The summed E-state index contributed by atoms with van der Waals surface area (Å²) in [5.41, 5.74) is 0.345. The first-order valence-electron chi connectivity index (χ1n) is 9.34. The number of hydrogen-bond acceptors (Lipinski definition) is 9. The third kappa shape index (κ3) is 4.82. The zero-order chi connectivity index (χ0) is 21.0. The monoisotopic (exact) mass is 427 g/mol. The van der Waals surface area contributed by atoms with Crippen LogP contribution < -0.4 is 5.32 Å². The van der Waals surface area contributed by atoms with Crippen LogP contribution in [0.3, 0.4) is 0 Å². The predicted octanol–water partition coefficient (Wildman–Crippen LogP) is 0.580. The van der Waals surface area contributed by atoms with Crippen molar-refractivity contribution in [2.75, 3.05) is 26.7 Å². The molecule has 160 valence electrons. The molecule has 1 aliphatic heterocycles. The number of ether oxygens (including phenoxy) is 1. The summed E-state index contributed by atoms with van der Waals surface area (Å²) >= 11 is 0. The zero-order valence-corrected chi connectivity index (χ0v) is 17.5. The van der Waals surface area contributed by atoms with Crippen LogP contribution in [0.25, 0.3) is 0 Å². The first-order valence-corrected chi connectivity index (χ1v) is 10.8. The van der Waals surface area contributed by atoms with Crippen LogP contribution in [0.15, 0.2) is 13.9 Å². The van der Waals surface area contributed by atoms with Gasteiger partial charge in [-0.2, -0.15) is 9.29 Å². The van der Waals surface area contributed by atoms with Gasteiger partial charge in [-0.05, 0) is 26.7 Å². The van der Waals surface area contributed by atoms with Crippen LogP contribution in [-0.4, -0.2) is 60.7 Å². The smallest absolute Gasteiger partial charge is 0.252 e. The Morgan fingerprint density at radius 3 is 2.59 bits per heavy atom. The highest BCUT2D eigenvalue weighted by Gasteiger charge is 2.35. The number of rotatable bonds is 8. The molecular formula is C17H25N5O6S. The summed E-state index contributed by atoms with van der Waals surface area (Å²) in [6.07, 6.45) is 1.35. The van der Waals surface area contributed by atoms with Crippen LogP contribution >= 0.6 is 0 Å². The normalized spacial score (nSPS) is 16.2. The number of carbonyl (C=O) groups is 1. The van der Waals surface area contributed by atoms with Crippen LogP contribution in [0.1, 0.15) is 36.0 Å². The Morgan fingerprint density at radius 2 is 1.97 bits per heavy atom. The lowest BCUT2D eigenvalue weighted by Crippen LogP contribution is -2.43. The van der Waals surface area contributed by atoms with Crippen molar-refractivity contribution < 1.29 is 27.0 Å². The summed E-state index contributed by atoms with van der Waals surface area (Å²) < 4.78 is 42.0. The van der Waals surface area contributed by atoms with Crippen LogP contribution in [-0.2, 0) is 32.6 Å². The number of hydrogen-bond donors (Lipinski definition) is 1. The summed E-state index contributed by atoms with van der Waals surface area (Å²) in [7, 11) is -2.14. The van der Waals surface area contributed by atoms with Gasteiger partial charge in [0.25, 0.3) is 5.89 Å². The number of piperidine rings is 1. The molecule has 0 radical (unpaired) electrons. The number of aryl methyl sites for hydroxylation is 2. The van der Waals surface area contributed by atoms with Crippen LogP contribution in [0, 0.1) is 19.8 Å². The lowest BCUT2D eigenvalue weighted by Gasteiger charge is -2.30. The summed E-state index contributed by atoms with van der Waals surface area (Å²) in [5.74, 6) is 0.830. The highest BCUT2D eigenvalue weighted by molar-refractivity contribution is 7.89.